The van der Waals surface area contributed by atoms with Crippen molar-refractivity contribution in [1.29, 1.82) is 0 Å². The van der Waals surface area contributed by atoms with Crippen LogP contribution < -0.4 is 4.90 Å². The molecule has 1 N–H and O–H groups in total. The van der Waals surface area contributed by atoms with E-state index in [2.05, 4.69) is 0 Å². The van der Waals surface area contributed by atoms with Crippen molar-refractivity contribution in [2.75, 3.05) is 25.5 Å². The Balaban J connectivity index is 1.77. The maximum absolute atomic E-state index is 13.5. The second-order valence-electron chi connectivity index (χ2n) is 7.55. The fourth-order valence-electron chi connectivity index (χ4n) is 3.45. The van der Waals surface area contributed by atoms with E-state index in [1.54, 1.807) is 0 Å². The molecule has 1 saturated heterocycles. The van der Waals surface area contributed by atoms with Crippen LogP contribution in [-0.2, 0) is 26.0 Å². The largest absolute Gasteiger partial charge is 0.373 e. The molecule has 0 spiro atoms. The molecule has 2 aromatic carbocycles. The zero-order valence-corrected chi connectivity index (χ0v) is 18.6. The lowest BCUT2D eigenvalue weighted by Crippen LogP contribution is -2.47. The Morgan fingerprint density at radius 1 is 1.26 bits per heavy atom. The van der Waals surface area contributed by atoms with Gasteiger partial charge in [-0.3, -0.25) is 9.59 Å². The maximum Gasteiger partial charge on any atom is 0.266 e. The molecule has 1 fully saturated rings. The van der Waals surface area contributed by atoms with E-state index in [1.165, 1.54) is 55.4 Å². The summed E-state index contributed by atoms with van der Waals surface area (Å²) in [6, 6.07) is 9.66. The normalized spacial score (nSPS) is 19.3. The Labute approximate surface area is 185 Å². The SMILES string of the molecule is CN(C)S(=O)(=O)c1cccc(N2CC[C@](O)(C(=O)CCc3cc(F)cc(Cl)c3)C2=O)c1. The highest BCUT2D eigenvalue weighted by molar-refractivity contribution is 7.89. The van der Waals surface area contributed by atoms with Gasteiger partial charge in [0.05, 0.1) is 4.90 Å². The quantitative estimate of drug-likeness (QED) is 0.629. The van der Waals surface area contributed by atoms with Crippen molar-refractivity contribution in [1.82, 2.24) is 4.31 Å². The number of aliphatic hydroxyl groups is 1. The third kappa shape index (κ3) is 4.64. The van der Waals surface area contributed by atoms with Crippen LogP contribution in [0.5, 0.6) is 0 Å². The number of anilines is 1. The smallest absolute Gasteiger partial charge is 0.266 e. The Bertz CT molecular complexity index is 1120. The van der Waals surface area contributed by atoms with E-state index in [4.69, 9.17) is 11.6 Å². The van der Waals surface area contributed by atoms with Crippen LogP contribution in [0.1, 0.15) is 18.4 Å². The van der Waals surface area contributed by atoms with Crippen molar-refractivity contribution >= 4 is 39.0 Å². The van der Waals surface area contributed by atoms with Crippen LogP contribution in [0.4, 0.5) is 10.1 Å². The van der Waals surface area contributed by atoms with Crippen molar-refractivity contribution in [3.63, 3.8) is 0 Å². The molecule has 0 unspecified atom stereocenters. The molecule has 3 rings (SSSR count). The summed E-state index contributed by atoms with van der Waals surface area (Å²) < 4.78 is 39.3. The molecule has 1 atom stereocenters. The van der Waals surface area contributed by atoms with Gasteiger partial charge in [0.25, 0.3) is 5.91 Å². The number of carbonyl (C=O) groups excluding carboxylic acids is 2. The summed E-state index contributed by atoms with van der Waals surface area (Å²) in [6.07, 6.45) is -0.188. The first-order chi connectivity index (χ1) is 14.4. The minimum Gasteiger partial charge on any atom is -0.373 e. The molecule has 0 radical (unpaired) electrons. The third-order valence-corrected chi connectivity index (χ3v) is 7.26. The van der Waals surface area contributed by atoms with Gasteiger partial charge in [0.15, 0.2) is 5.78 Å². The minimum atomic E-state index is -3.71. The lowest BCUT2D eigenvalue weighted by molar-refractivity contribution is -0.147. The fraction of sp³-hybridized carbons (Fsp3) is 0.333. The van der Waals surface area contributed by atoms with Gasteiger partial charge in [0.1, 0.15) is 5.82 Å². The monoisotopic (exact) mass is 468 g/mol. The topological polar surface area (TPSA) is 95.0 Å². The van der Waals surface area contributed by atoms with Gasteiger partial charge in [0, 0.05) is 44.2 Å². The van der Waals surface area contributed by atoms with Gasteiger partial charge < -0.3 is 10.0 Å². The van der Waals surface area contributed by atoms with E-state index in [0.717, 1.165) is 10.4 Å². The zero-order valence-electron chi connectivity index (χ0n) is 17.0. The highest BCUT2D eigenvalue weighted by Gasteiger charge is 2.50. The first kappa shape index (κ1) is 23.3. The molecule has 0 saturated carbocycles. The molecule has 1 aliphatic rings. The van der Waals surface area contributed by atoms with Gasteiger partial charge in [-0.1, -0.05) is 17.7 Å². The second kappa shape index (κ2) is 8.66. The van der Waals surface area contributed by atoms with Crippen molar-refractivity contribution in [2.24, 2.45) is 0 Å². The van der Waals surface area contributed by atoms with Crippen LogP contribution in [-0.4, -0.2) is 55.8 Å². The lowest BCUT2D eigenvalue weighted by atomic mass is 9.92. The predicted molar refractivity (Wildman–Crippen MR) is 114 cm³/mol. The molecule has 1 heterocycles. The summed E-state index contributed by atoms with van der Waals surface area (Å²) in [5.41, 5.74) is -1.47. The van der Waals surface area contributed by atoms with Crippen LogP contribution in [0, 0.1) is 5.82 Å². The van der Waals surface area contributed by atoms with Crippen LogP contribution in [0.15, 0.2) is 47.4 Å². The highest BCUT2D eigenvalue weighted by atomic mass is 35.5. The van der Waals surface area contributed by atoms with Crippen LogP contribution in [0.3, 0.4) is 0 Å². The van der Waals surface area contributed by atoms with Crippen molar-refractivity contribution < 1.29 is 27.5 Å². The van der Waals surface area contributed by atoms with Gasteiger partial charge in [-0.2, -0.15) is 0 Å². The number of aryl methyl sites for hydroxylation is 1. The first-order valence-electron chi connectivity index (χ1n) is 9.50. The maximum atomic E-state index is 13.5. The number of ketones is 1. The van der Waals surface area contributed by atoms with E-state index in [0.29, 0.717) is 5.56 Å². The van der Waals surface area contributed by atoms with Crippen LogP contribution in [0.25, 0.3) is 0 Å². The summed E-state index contributed by atoms with van der Waals surface area (Å²) in [6.45, 7) is 0.0539. The summed E-state index contributed by atoms with van der Waals surface area (Å²) in [7, 11) is -0.923. The zero-order chi connectivity index (χ0) is 23.0. The Kier molecular flexibility index (Phi) is 6.52. The first-order valence-corrected chi connectivity index (χ1v) is 11.3. The number of amides is 1. The number of benzene rings is 2. The van der Waals surface area contributed by atoms with E-state index < -0.39 is 33.1 Å². The summed E-state index contributed by atoms with van der Waals surface area (Å²) >= 11 is 5.81. The van der Waals surface area contributed by atoms with Gasteiger partial charge in [-0.25, -0.2) is 17.1 Å². The van der Waals surface area contributed by atoms with Gasteiger partial charge in [0.2, 0.25) is 15.6 Å². The second-order valence-corrected chi connectivity index (χ2v) is 10.1. The van der Waals surface area contributed by atoms with E-state index in [1.807, 2.05) is 0 Å². The van der Waals surface area contributed by atoms with Crippen LogP contribution in [0.2, 0.25) is 5.02 Å². The van der Waals surface area contributed by atoms with Gasteiger partial charge in [-0.05, 0) is 48.4 Å². The average molecular weight is 469 g/mol. The summed E-state index contributed by atoms with van der Waals surface area (Å²) in [5, 5.41) is 11.0. The lowest BCUT2D eigenvalue weighted by Gasteiger charge is -2.22. The number of nitrogens with zero attached hydrogens (tertiary/aromatic N) is 2. The molecular formula is C21H22ClFN2O5S. The number of Topliss-reactive ketones (excluding diaryl/α,β-unsaturated/α-hetero) is 1. The Morgan fingerprint density at radius 2 is 1.97 bits per heavy atom. The molecule has 31 heavy (non-hydrogen) atoms. The van der Waals surface area contributed by atoms with E-state index >= 15 is 0 Å². The molecule has 10 heteroatoms. The Morgan fingerprint density at radius 3 is 2.61 bits per heavy atom. The number of halogens is 2. The number of hydrogen-bond acceptors (Lipinski definition) is 5. The average Bonchev–Trinajstić information content (AvgIpc) is 3.01. The van der Waals surface area contributed by atoms with Gasteiger partial charge >= 0.3 is 0 Å². The molecule has 2 aromatic rings. The molecular weight excluding hydrogens is 447 g/mol. The molecule has 0 bridgehead atoms. The molecule has 166 valence electrons. The molecule has 0 aromatic heterocycles. The minimum absolute atomic E-state index is 0.00690. The third-order valence-electron chi connectivity index (χ3n) is 5.23. The predicted octanol–water partition coefficient (Wildman–Crippen LogP) is 2.40. The summed E-state index contributed by atoms with van der Waals surface area (Å²) in [5.74, 6) is -2.03. The van der Waals surface area contributed by atoms with E-state index in [-0.39, 0.29) is 41.4 Å². The number of sulfonamides is 1. The molecule has 1 amide bonds. The van der Waals surface area contributed by atoms with Gasteiger partial charge in [-0.15, -0.1) is 0 Å². The highest BCUT2D eigenvalue weighted by Crippen LogP contribution is 2.32. The standard InChI is InChI=1S/C21H22ClFN2O5S/c1-24(2)31(29,30)18-5-3-4-17(13-18)25-9-8-21(28,20(25)27)19(26)7-6-14-10-15(22)12-16(23)11-14/h3-5,10-13,28H,6-9H2,1-2H3/t21-/m0/s1. The number of rotatable bonds is 7. The molecule has 1 aliphatic heterocycles. The fourth-order valence-corrected chi connectivity index (χ4v) is 4.64. The van der Waals surface area contributed by atoms with Crippen molar-refractivity contribution in [3.8, 4) is 0 Å². The number of carbonyl (C=O) groups is 2. The molecule has 0 aliphatic carbocycles. The summed E-state index contributed by atoms with van der Waals surface area (Å²) in [4.78, 5) is 26.8. The van der Waals surface area contributed by atoms with Crippen molar-refractivity contribution in [3.05, 3.63) is 58.9 Å². The Hall–Kier alpha value is -2.33. The van der Waals surface area contributed by atoms with Crippen LogP contribution >= 0.6 is 11.6 Å². The molecule has 7 nitrogen and oxygen atoms in total. The van der Waals surface area contributed by atoms with Crippen molar-refractivity contribution in [2.45, 2.75) is 29.8 Å². The van der Waals surface area contributed by atoms with E-state index in [9.17, 15) is 27.5 Å². The number of hydrogen-bond donors (Lipinski definition) is 1.